The zero-order valence-corrected chi connectivity index (χ0v) is 43.6. The van der Waals surface area contributed by atoms with Crippen LogP contribution >= 0.6 is 0 Å². The quantitative estimate of drug-likeness (QED) is 0.144. The summed E-state index contributed by atoms with van der Waals surface area (Å²) in [5.74, 6) is -0.458. The molecule has 10 rings (SSSR count). The van der Waals surface area contributed by atoms with E-state index in [1.165, 1.54) is 6.20 Å². The molecule has 7 aliphatic rings. The molecule has 21 heteroatoms. The van der Waals surface area contributed by atoms with Gasteiger partial charge in [-0.2, -0.15) is 10.1 Å². The van der Waals surface area contributed by atoms with E-state index in [0.29, 0.717) is 40.4 Å². The Balaban J connectivity index is 0.593. The van der Waals surface area contributed by atoms with E-state index in [2.05, 4.69) is 55.5 Å². The van der Waals surface area contributed by atoms with Crippen LogP contribution in [0.4, 0.5) is 23.1 Å². The highest BCUT2D eigenvalue weighted by Gasteiger charge is 2.45. The van der Waals surface area contributed by atoms with Gasteiger partial charge in [-0.25, -0.2) is 9.78 Å². The monoisotopic (exact) mass is 1030 g/mol. The van der Waals surface area contributed by atoms with E-state index >= 15 is 0 Å². The zero-order valence-electron chi connectivity index (χ0n) is 43.6. The van der Waals surface area contributed by atoms with Crippen molar-refractivity contribution in [3.63, 3.8) is 0 Å². The first kappa shape index (κ1) is 52.0. The molecule has 6 amide bonds. The Morgan fingerprint density at radius 1 is 0.760 bits per heavy atom. The number of aromatic nitrogens is 4. The minimum Gasteiger partial charge on any atom is -0.462 e. The highest BCUT2D eigenvalue weighted by molar-refractivity contribution is 6.23. The third-order valence-corrected chi connectivity index (χ3v) is 17.0. The Morgan fingerprint density at radius 2 is 1.44 bits per heavy atom. The topological polar surface area (TPSA) is 228 Å². The Kier molecular flexibility index (Phi) is 16.1. The number of aryl methyl sites for hydroxylation is 1. The van der Waals surface area contributed by atoms with Crippen molar-refractivity contribution < 1.29 is 38.3 Å². The number of fused-ring (bicyclic) bond motifs is 1. The van der Waals surface area contributed by atoms with Gasteiger partial charge in [0.1, 0.15) is 17.4 Å². The zero-order chi connectivity index (χ0) is 52.2. The van der Waals surface area contributed by atoms with Gasteiger partial charge in [-0.15, -0.1) is 0 Å². The summed E-state index contributed by atoms with van der Waals surface area (Å²) in [6.45, 7) is 11.3. The van der Waals surface area contributed by atoms with Crippen LogP contribution in [0.2, 0.25) is 0 Å². The van der Waals surface area contributed by atoms with E-state index in [4.69, 9.17) is 4.74 Å². The first-order valence-electron chi connectivity index (χ1n) is 27.6. The van der Waals surface area contributed by atoms with E-state index in [1.807, 2.05) is 19.3 Å². The minimum absolute atomic E-state index is 0.00575. The summed E-state index contributed by atoms with van der Waals surface area (Å²) in [7, 11) is 1.83. The van der Waals surface area contributed by atoms with Gasteiger partial charge < -0.3 is 30.1 Å². The molecule has 7 heterocycles. The lowest BCUT2D eigenvalue weighted by Gasteiger charge is -2.43. The molecular weight excluding hydrogens is 959 g/mol. The van der Waals surface area contributed by atoms with E-state index in [-0.39, 0.29) is 49.1 Å². The molecule has 1 aromatic carbocycles. The number of carbonyl (C=O) groups is 7. The van der Waals surface area contributed by atoms with E-state index < -0.39 is 35.6 Å². The molecule has 2 aromatic heterocycles. The van der Waals surface area contributed by atoms with E-state index in [9.17, 15) is 33.6 Å². The van der Waals surface area contributed by atoms with Crippen molar-refractivity contribution in [3.8, 4) is 0 Å². The van der Waals surface area contributed by atoms with Crippen LogP contribution < -0.4 is 20.9 Å². The minimum atomic E-state index is -0.976. The van der Waals surface area contributed by atoms with Crippen LogP contribution in [0.3, 0.4) is 0 Å². The first-order valence-corrected chi connectivity index (χ1v) is 27.6. The Morgan fingerprint density at radius 3 is 2.09 bits per heavy atom. The van der Waals surface area contributed by atoms with Crippen molar-refractivity contribution >= 4 is 64.6 Å². The largest absolute Gasteiger partial charge is 0.462 e. The maximum absolute atomic E-state index is 13.8. The fourth-order valence-corrected chi connectivity index (χ4v) is 12.6. The number of imide groups is 2. The smallest absolute Gasteiger partial charge is 0.343 e. The van der Waals surface area contributed by atoms with Gasteiger partial charge in [-0.3, -0.25) is 53.5 Å². The number of piperidine rings is 2. The van der Waals surface area contributed by atoms with Crippen molar-refractivity contribution in [2.75, 3.05) is 94.1 Å². The van der Waals surface area contributed by atoms with Crippen LogP contribution in [0, 0.1) is 17.8 Å². The molecule has 0 bridgehead atoms. The van der Waals surface area contributed by atoms with E-state index in [0.717, 1.165) is 165 Å². The normalized spacial score (nSPS) is 25.3. The number of hydrogen-bond donors (Lipinski definition) is 3. The molecule has 21 nitrogen and oxygen atoms in total. The summed E-state index contributed by atoms with van der Waals surface area (Å²) >= 11 is 0. The van der Waals surface area contributed by atoms with Crippen molar-refractivity contribution in [2.45, 2.75) is 115 Å². The fraction of sp³-hybridized carbons (Fsp3) is 0.630. The number of nitrogens with zero attached hydrogens (tertiary/aromatic N) is 10. The molecule has 402 valence electrons. The number of nitrogens with one attached hydrogen (secondary N) is 3. The van der Waals surface area contributed by atoms with Crippen LogP contribution in [-0.2, 0) is 31.0 Å². The van der Waals surface area contributed by atoms with Gasteiger partial charge in [0.2, 0.25) is 29.6 Å². The van der Waals surface area contributed by atoms with Crippen molar-refractivity contribution in [2.24, 2.45) is 24.8 Å². The number of anilines is 4. The maximum atomic E-state index is 13.8. The average Bonchev–Trinajstić information content (AvgIpc) is 3.96. The number of likely N-dealkylation sites (tertiary alicyclic amines) is 1. The number of amides is 6. The lowest BCUT2D eigenvalue weighted by molar-refractivity contribution is -0.143. The van der Waals surface area contributed by atoms with Gasteiger partial charge in [-0.1, -0.05) is 0 Å². The second-order valence-corrected chi connectivity index (χ2v) is 21.7. The summed E-state index contributed by atoms with van der Waals surface area (Å²) in [5.41, 5.74) is 2.54. The van der Waals surface area contributed by atoms with Crippen LogP contribution in [0.15, 0.2) is 36.8 Å². The molecular formula is C54H73N13O8. The second kappa shape index (κ2) is 23.2. The lowest BCUT2D eigenvalue weighted by atomic mass is 9.80. The number of benzene rings is 1. The summed E-state index contributed by atoms with van der Waals surface area (Å²) in [4.78, 5) is 112. The third kappa shape index (κ3) is 11.8. The molecule has 1 unspecified atom stereocenters. The van der Waals surface area contributed by atoms with Crippen molar-refractivity contribution in [1.29, 1.82) is 0 Å². The molecule has 3 N–H and O–H groups in total. The molecule has 3 aromatic rings. The first-order chi connectivity index (χ1) is 36.4. The Hall–Kier alpha value is -6.48. The number of hydrogen-bond acceptors (Lipinski definition) is 16. The van der Waals surface area contributed by atoms with Crippen molar-refractivity contribution in [3.05, 3.63) is 53.5 Å². The second-order valence-electron chi connectivity index (χ2n) is 21.7. The van der Waals surface area contributed by atoms with Crippen LogP contribution in [0.1, 0.15) is 128 Å². The number of piperazine rings is 2. The molecule has 2 saturated carbocycles. The number of rotatable bonds is 15. The predicted octanol–water partition coefficient (Wildman–Crippen LogP) is 4.05. The lowest BCUT2D eigenvalue weighted by Crippen LogP contribution is -2.54. The SMILES string of the molecule is CCOC(=O)c1cnc(Nc2cnn(C)c2)nc1NC1CCC(N2CCN(C(=O)C3CCC(C(=O)N4CCC(CCCN5CCN(c6ccc7c(c6)C(=O)N(C6CCC(=O)NC6=O)C7=O)CC5)CC4)CC3)CC2)CC1. The van der Waals surface area contributed by atoms with Crippen LogP contribution in [0.5, 0.6) is 0 Å². The number of esters is 1. The van der Waals surface area contributed by atoms with E-state index in [1.54, 1.807) is 29.9 Å². The van der Waals surface area contributed by atoms with Crippen LogP contribution in [-0.4, -0.2) is 182 Å². The van der Waals surface area contributed by atoms with Crippen molar-refractivity contribution in [1.82, 2.24) is 49.6 Å². The average molecular weight is 1030 g/mol. The molecule has 0 spiro atoms. The maximum Gasteiger partial charge on any atom is 0.343 e. The molecule has 1 atom stereocenters. The summed E-state index contributed by atoms with van der Waals surface area (Å²) in [5, 5.41) is 13.1. The van der Waals surface area contributed by atoms with Crippen LogP contribution in [0.25, 0.3) is 0 Å². The highest BCUT2D eigenvalue weighted by Crippen LogP contribution is 2.35. The molecule has 75 heavy (non-hydrogen) atoms. The standard InChI is InChI=1S/C54H73N13O8/c1-3-75-53(74)44-33-55-54(58-39-32-56-61(2)34-39)60-47(44)57-38-10-12-40(13-11-38)63-27-29-66(30-28-63)50(71)37-8-6-36(7-9-37)49(70)65-21-18-35(19-22-65)5-4-20-62-23-25-64(26-24-62)41-14-15-42-43(31-41)52(73)67(51(42)72)45-16-17-46(68)59-48(45)69/h14-15,31-38,40,45H,3-13,16-30H2,1-2H3,(H,59,68,69)(H2,55,57,58,60). The van der Waals surface area contributed by atoms with Gasteiger partial charge in [0, 0.05) is 121 Å². The number of ether oxygens (including phenoxy) is 1. The summed E-state index contributed by atoms with van der Waals surface area (Å²) in [6, 6.07) is 4.95. The molecule has 6 fully saturated rings. The Bertz CT molecular complexity index is 2600. The predicted molar refractivity (Wildman–Crippen MR) is 278 cm³/mol. The molecule has 5 aliphatic heterocycles. The number of carbonyl (C=O) groups excluding carboxylic acids is 7. The van der Waals surface area contributed by atoms with Gasteiger partial charge >= 0.3 is 5.97 Å². The molecule has 2 aliphatic carbocycles. The fourth-order valence-electron chi connectivity index (χ4n) is 12.6. The summed E-state index contributed by atoms with van der Waals surface area (Å²) < 4.78 is 6.99. The van der Waals surface area contributed by atoms with Gasteiger partial charge in [-0.05, 0) is 121 Å². The molecule has 4 saturated heterocycles. The summed E-state index contributed by atoms with van der Waals surface area (Å²) in [6.07, 6.45) is 16.6. The highest BCUT2D eigenvalue weighted by atomic mass is 16.5. The molecule has 0 radical (unpaired) electrons. The van der Waals surface area contributed by atoms with Gasteiger partial charge in [0.05, 0.1) is 29.6 Å². The Labute approximate surface area is 438 Å². The van der Waals surface area contributed by atoms with Gasteiger partial charge in [0.15, 0.2) is 0 Å². The van der Waals surface area contributed by atoms with Gasteiger partial charge in [0.25, 0.3) is 11.8 Å². The third-order valence-electron chi connectivity index (χ3n) is 17.0.